The Morgan fingerprint density at radius 3 is 2.86 bits per heavy atom. The van der Waals surface area contributed by atoms with Crippen LogP contribution in [0.25, 0.3) is 0 Å². The topological polar surface area (TPSA) is 68.5 Å². The molecule has 0 bridgehead atoms. The van der Waals surface area contributed by atoms with Crippen LogP contribution in [0.1, 0.15) is 21.5 Å². The highest BCUT2D eigenvalue weighted by Crippen LogP contribution is 2.26. The summed E-state index contributed by atoms with van der Waals surface area (Å²) in [5.41, 5.74) is 8.21. The maximum Gasteiger partial charge on any atom is 0.250 e. The zero-order chi connectivity index (χ0) is 14.8. The highest BCUT2D eigenvalue weighted by atomic mass is 16.5. The van der Waals surface area contributed by atoms with E-state index in [0.29, 0.717) is 11.4 Å². The summed E-state index contributed by atoms with van der Waals surface area (Å²) in [4.78, 5) is 17.4. The third-order valence-electron chi connectivity index (χ3n) is 3.62. The number of ether oxygens (including phenoxy) is 1. The summed E-state index contributed by atoms with van der Waals surface area (Å²) in [6, 6.07) is 9.36. The molecule has 3 rings (SSSR count). The predicted molar refractivity (Wildman–Crippen MR) is 79.3 cm³/mol. The average Bonchev–Trinajstić information content (AvgIpc) is 2.48. The van der Waals surface area contributed by atoms with Gasteiger partial charge in [0.15, 0.2) is 0 Å². The molecule has 0 atom stereocenters. The van der Waals surface area contributed by atoms with Gasteiger partial charge < -0.3 is 15.4 Å². The molecule has 108 valence electrons. The number of nitrogens with two attached hydrogens (primary N) is 1. The van der Waals surface area contributed by atoms with E-state index in [9.17, 15) is 4.79 Å². The van der Waals surface area contributed by atoms with Crippen LogP contribution in [0.4, 0.5) is 0 Å². The number of carbonyl (C=O) groups excluding carboxylic acids is 1. The zero-order valence-electron chi connectivity index (χ0n) is 11.9. The summed E-state index contributed by atoms with van der Waals surface area (Å²) >= 11 is 0. The van der Waals surface area contributed by atoms with E-state index in [1.54, 1.807) is 12.1 Å². The standard InChI is InChI=1S/C16H17N3O2/c1-19-7-6-11-8-14(4-2-13(11)10-19)21-15-5-3-12(9-18-15)16(17)20/h2-5,8-9H,6-7,10H2,1H3,(H2,17,20). The first-order valence-electron chi connectivity index (χ1n) is 6.86. The van der Waals surface area contributed by atoms with E-state index in [2.05, 4.69) is 29.1 Å². The second kappa shape index (κ2) is 5.54. The summed E-state index contributed by atoms with van der Waals surface area (Å²) in [5.74, 6) is 0.720. The Bertz CT molecular complexity index is 668. The number of aromatic nitrogens is 1. The van der Waals surface area contributed by atoms with Crippen molar-refractivity contribution in [1.82, 2.24) is 9.88 Å². The van der Waals surface area contributed by atoms with Gasteiger partial charge in [-0.05, 0) is 42.8 Å². The molecule has 2 aromatic rings. The number of likely N-dealkylation sites (N-methyl/N-ethyl adjacent to an activating group) is 1. The van der Waals surface area contributed by atoms with Crippen LogP contribution in [0.3, 0.4) is 0 Å². The first-order chi connectivity index (χ1) is 10.1. The molecule has 5 heteroatoms. The molecule has 1 aromatic carbocycles. The van der Waals surface area contributed by atoms with Gasteiger partial charge in [-0.25, -0.2) is 4.98 Å². The van der Waals surface area contributed by atoms with E-state index < -0.39 is 5.91 Å². The Kier molecular flexibility index (Phi) is 3.58. The van der Waals surface area contributed by atoms with Gasteiger partial charge in [0.1, 0.15) is 5.75 Å². The molecule has 5 nitrogen and oxygen atoms in total. The van der Waals surface area contributed by atoms with Crippen LogP contribution in [0.2, 0.25) is 0 Å². The third-order valence-corrected chi connectivity index (χ3v) is 3.62. The number of primary amides is 1. The number of nitrogens with zero attached hydrogens (tertiary/aromatic N) is 2. The lowest BCUT2D eigenvalue weighted by Gasteiger charge is -2.25. The highest BCUT2D eigenvalue weighted by Gasteiger charge is 2.14. The molecule has 0 radical (unpaired) electrons. The van der Waals surface area contributed by atoms with Gasteiger partial charge in [0.25, 0.3) is 0 Å². The summed E-state index contributed by atoms with van der Waals surface area (Å²) < 4.78 is 5.73. The van der Waals surface area contributed by atoms with E-state index in [1.165, 1.54) is 17.3 Å². The smallest absolute Gasteiger partial charge is 0.250 e. The highest BCUT2D eigenvalue weighted by molar-refractivity contribution is 5.92. The Labute approximate surface area is 123 Å². The summed E-state index contributed by atoms with van der Waals surface area (Å²) in [6.45, 7) is 2.03. The zero-order valence-corrected chi connectivity index (χ0v) is 11.9. The van der Waals surface area contributed by atoms with Gasteiger partial charge in [0.05, 0.1) is 5.56 Å². The number of benzene rings is 1. The number of rotatable bonds is 3. The normalized spacial score (nSPS) is 14.5. The molecule has 0 unspecified atom stereocenters. The van der Waals surface area contributed by atoms with Crippen LogP contribution in [-0.4, -0.2) is 29.4 Å². The van der Waals surface area contributed by atoms with Gasteiger partial charge in [0.2, 0.25) is 11.8 Å². The SMILES string of the molecule is CN1CCc2cc(Oc3ccc(C(N)=O)cn3)ccc2C1. The van der Waals surface area contributed by atoms with Gasteiger partial charge in [-0.3, -0.25) is 4.79 Å². The molecule has 0 fully saturated rings. The molecule has 2 heterocycles. The Morgan fingerprint density at radius 2 is 2.14 bits per heavy atom. The van der Waals surface area contributed by atoms with Crippen LogP contribution in [0, 0.1) is 0 Å². The minimum absolute atomic E-state index is 0.371. The average molecular weight is 283 g/mol. The van der Waals surface area contributed by atoms with Gasteiger partial charge in [-0.2, -0.15) is 0 Å². The third kappa shape index (κ3) is 3.03. The van der Waals surface area contributed by atoms with Crippen molar-refractivity contribution in [3.63, 3.8) is 0 Å². The van der Waals surface area contributed by atoms with Crippen LogP contribution >= 0.6 is 0 Å². The summed E-state index contributed by atoms with van der Waals surface area (Å²) in [6.07, 6.45) is 2.45. The van der Waals surface area contributed by atoms with Gasteiger partial charge >= 0.3 is 0 Å². The van der Waals surface area contributed by atoms with Crippen molar-refractivity contribution in [1.29, 1.82) is 0 Å². The molecule has 21 heavy (non-hydrogen) atoms. The van der Waals surface area contributed by atoms with Crippen molar-refractivity contribution in [3.05, 3.63) is 53.2 Å². The van der Waals surface area contributed by atoms with Crippen LogP contribution < -0.4 is 10.5 Å². The molecule has 0 saturated carbocycles. The lowest BCUT2D eigenvalue weighted by Crippen LogP contribution is -2.26. The molecule has 0 saturated heterocycles. The van der Waals surface area contributed by atoms with Gasteiger partial charge in [-0.15, -0.1) is 0 Å². The quantitative estimate of drug-likeness (QED) is 0.935. The maximum absolute atomic E-state index is 11.0. The van der Waals surface area contributed by atoms with Crippen molar-refractivity contribution in [3.8, 4) is 11.6 Å². The van der Waals surface area contributed by atoms with Crippen molar-refractivity contribution >= 4 is 5.91 Å². The van der Waals surface area contributed by atoms with Crippen molar-refractivity contribution < 1.29 is 9.53 Å². The number of pyridine rings is 1. The first-order valence-corrected chi connectivity index (χ1v) is 6.86. The first kappa shape index (κ1) is 13.6. The summed E-state index contributed by atoms with van der Waals surface area (Å²) in [5, 5.41) is 0. The number of carbonyl (C=O) groups is 1. The fraction of sp³-hybridized carbons (Fsp3) is 0.250. The lowest BCUT2D eigenvalue weighted by molar-refractivity contribution is 0.1000. The van der Waals surface area contributed by atoms with Crippen molar-refractivity contribution in [2.45, 2.75) is 13.0 Å². The maximum atomic E-state index is 11.0. The van der Waals surface area contributed by atoms with E-state index in [4.69, 9.17) is 10.5 Å². The van der Waals surface area contributed by atoms with Crippen LogP contribution in [0.5, 0.6) is 11.6 Å². The minimum atomic E-state index is -0.494. The Morgan fingerprint density at radius 1 is 1.29 bits per heavy atom. The van der Waals surface area contributed by atoms with Crippen LogP contribution in [0.15, 0.2) is 36.5 Å². The second-order valence-corrected chi connectivity index (χ2v) is 5.27. The van der Waals surface area contributed by atoms with Crippen molar-refractivity contribution in [2.24, 2.45) is 5.73 Å². The monoisotopic (exact) mass is 283 g/mol. The van der Waals surface area contributed by atoms with E-state index in [-0.39, 0.29) is 0 Å². The molecule has 0 spiro atoms. The molecule has 2 N–H and O–H groups in total. The van der Waals surface area contributed by atoms with E-state index >= 15 is 0 Å². The van der Waals surface area contributed by atoms with Gasteiger partial charge in [-0.1, -0.05) is 6.07 Å². The summed E-state index contributed by atoms with van der Waals surface area (Å²) in [7, 11) is 2.12. The van der Waals surface area contributed by atoms with Crippen LogP contribution in [-0.2, 0) is 13.0 Å². The van der Waals surface area contributed by atoms with Crippen molar-refractivity contribution in [2.75, 3.05) is 13.6 Å². The van der Waals surface area contributed by atoms with E-state index in [1.807, 2.05) is 6.07 Å². The fourth-order valence-electron chi connectivity index (χ4n) is 2.44. The number of amides is 1. The molecule has 1 aliphatic heterocycles. The molecule has 0 aliphatic carbocycles. The van der Waals surface area contributed by atoms with E-state index in [0.717, 1.165) is 25.3 Å². The molecular formula is C16H17N3O2. The van der Waals surface area contributed by atoms with Gasteiger partial charge in [0, 0.05) is 25.4 Å². The lowest BCUT2D eigenvalue weighted by atomic mass is 10.00. The number of hydrogen-bond donors (Lipinski definition) is 1. The second-order valence-electron chi connectivity index (χ2n) is 5.27. The number of fused-ring (bicyclic) bond motifs is 1. The molecule has 1 amide bonds. The molecule has 1 aliphatic rings. The Hall–Kier alpha value is -2.40. The molecular weight excluding hydrogens is 266 g/mol. The predicted octanol–water partition coefficient (Wildman–Crippen LogP) is 1.96. The minimum Gasteiger partial charge on any atom is -0.439 e. The molecule has 1 aromatic heterocycles. The Balaban J connectivity index is 1.77. The fourth-order valence-corrected chi connectivity index (χ4v) is 2.44. The number of hydrogen-bond acceptors (Lipinski definition) is 4. The largest absolute Gasteiger partial charge is 0.439 e.